The van der Waals surface area contributed by atoms with Crippen LogP contribution >= 0.6 is 11.8 Å². The van der Waals surface area contributed by atoms with Crippen LogP contribution < -0.4 is 0 Å². The predicted octanol–water partition coefficient (Wildman–Crippen LogP) is 2.37. The van der Waals surface area contributed by atoms with E-state index in [9.17, 15) is 4.79 Å². The fourth-order valence-corrected chi connectivity index (χ4v) is 1.63. The van der Waals surface area contributed by atoms with Crippen molar-refractivity contribution in [3.8, 4) is 0 Å². The summed E-state index contributed by atoms with van der Waals surface area (Å²) in [5.74, 6) is 1.13. The maximum absolute atomic E-state index is 11.5. The molecule has 0 fully saturated rings. The minimum atomic E-state index is 0.145. The number of rotatable bonds is 7. The number of Topliss-reactive ketones (excluding diaryl/α,β-unsaturated/α-hetero) is 1. The molecule has 1 atom stereocenters. The first-order chi connectivity index (χ1) is 6.07. The Kier molecular flexibility index (Phi) is 7.38. The molecule has 3 heteroatoms. The van der Waals surface area contributed by atoms with Crippen LogP contribution in [0.2, 0.25) is 0 Å². The van der Waals surface area contributed by atoms with Gasteiger partial charge in [0.15, 0.2) is 0 Å². The molecule has 13 heavy (non-hydrogen) atoms. The molecule has 0 rings (SSSR count). The Morgan fingerprint density at radius 1 is 1.38 bits per heavy atom. The summed E-state index contributed by atoms with van der Waals surface area (Å²) in [5, 5.41) is 0.540. The van der Waals surface area contributed by atoms with Crippen LogP contribution in [0.4, 0.5) is 0 Å². The van der Waals surface area contributed by atoms with Gasteiger partial charge in [0.2, 0.25) is 0 Å². The van der Waals surface area contributed by atoms with Crippen molar-refractivity contribution in [2.45, 2.75) is 32.4 Å². The molecule has 0 spiro atoms. The summed E-state index contributed by atoms with van der Waals surface area (Å²) < 4.78 is 4.93. The second-order valence-electron chi connectivity index (χ2n) is 3.51. The van der Waals surface area contributed by atoms with Gasteiger partial charge in [-0.05, 0) is 11.7 Å². The molecule has 0 heterocycles. The zero-order valence-corrected chi connectivity index (χ0v) is 9.82. The van der Waals surface area contributed by atoms with E-state index in [0.717, 1.165) is 6.42 Å². The quantitative estimate of drug-likeness (QED) is 0.637. The lowest BCUT2D eigenvalue weighted by molar-refractivity contribution is -0.120. The van der Waals surface area contributed by atoms with Crippen LogP contribution in [0.25, 0.3) is 0 Å². The van der Waals surface area contributed by atoms with Crippen LogP contribution in [0.15, 0.2) is 0 Å². The van der Waals surface area contributed by atoms with E-state index in [1.807, 2.05) is 6.92 Å². The van der Waals surface area contributed by atoms with E-state index >= 15 is 0 Å². The van der Waals surface area contributed by atoms with E-state index in [1.54, 1.807) is 18.9 Å². The molecule has 0 N–H and O–H groups in total. The van der Waals surface area contributed by atoms with Crippen molar-refractivity contribution in [1.82, 2.24) is 0 Å². The molecule has 0 aliphatic rings. The summed E-state index contributed by atoms with van der Waals surface area (Å²) in [5.41, 5.74) is 0. The fraction of sp³-hybridized carbons (Fsp3) is 0.900. The maximum Gasteiger partial charge on any atom is 0.145 e. The number of thioether (sulfide) groups is 1. The summed E-state index contributed by atoms with van der Waals surface area (Å²) in [4.78, 5) is 11.5. The molecule has 0 aromatic carbocycles. The number of methoxy groups -OCH3 is 1. The molecule has 0 saturated heterocycles. The molecule has 0 bridgehead atoms. The van der Waals surface area contributed by atoms with E-state index in [4.69, 9.17) is 4.74 Å². The van der Waals surface area contributed by atoms with Crippen molar-refractivity contribution >= 4 is 17.5 Å². The van der Waals surface area contributed by atoms with Crippen molar-refractivity contribution in [3.05, 3.63) is 0 Å². The first-order valence-electron chi connectivity index (χ1n) is 4.71. The van der Waals surface area contributed by atoms with Crippen LogP contribution in [-0.4, -0.2) is 30.5 Å². The van der Waals surface area contributed by atoms with Crippen molar-refractivity contribution < 1.29 is 9.53 Å². The Hall–Kier alpha value is -0.0200. The van der Waals surface area contributed by atoms with Crippen molar-refractivity contribution in [1.29, 1.82) is 0 Å². The third kappa shape index (κ3) is 7.08. The molecular weight excluding hydrogens is 184 g/mol. The van der Waals surface area contributed by atoms with Gasteiger partial charge >= 0.3 is 0 Å². The molecule has 0 aliphatic carbocycles. The van der Waals surface area contributed by atoms with Crippen LogP contribution in [0.5, 0.6) is 0 Å². The second kappa shape index (κ2) is 7.39. The molecule has 0 aromatic rings. The minimum absolute atomic E-state index is 0.145. The smallest absolute Gasteiger partial charge is 0.145 e. The summed E-state index contributed by atoms with van der Waals surface area (Å²) >= 11 is 1.71. The summed E-state index contributed by atoms with van der Waals surface area (Å²) in [7, 11) is 1.67. The van der Waals surface area contributed by atoms with Gasteiger partial charge < -0.3 is 4.74 Å². The third-order valence-electron chi connectivity index (χ3n) is 1.86. The predicted molar refractivity (Wildman–Crippen MR) is 58.3 cm³/mol. The monoisotopic (exact) mass is 204 g/mol. The molecule has 0 saturated carbocycles. The summed E-state index contributed by atoms with van der Waals surface area (Å²) in [6.07, 6.45) is 0.841. The minimum Gasteiger partial charge on any atom is -0.385 e. The van der Waals surface area contributed by atoms with E-state index in [2.05, 4.69) is 13.8 Å². The largest absolute Gasteiger partial charge is 0.385 e. The standard InChI is InChI=1S/C10H20O2S/c1-8(2)13-7-10(11)9(3)5-6-12-4/h8-9H,5-7H2,1-4H3. The van der Waals surface area contributed by atoms with Crippen LogP contribution in [0, 0.1) is 5.92 Å². The highest BCUT2D eigenvalue weighted by atomic mass is 32.2. The first-order valence-corrected chi connectivity index (χ1v) is 5.76. The van der Waals surface area contributed by atoms with Crippen LogP contribution in [0.3, 0.4) is 0 Å². The molecule has 0 amide bonds. The van der Waals surface area contributed by atoms with Gasteiger partial charge in [-0.15, -0.1) is 0 Å². The Labute approximate surface area is 85.4 Å². The van der Waals surface area contributed by atoms with E-state index < -0.39 is 0 Å². The zero-order chi connectivity index (χ0) is 10.3. The molecule has 1 unspecified atom stereocenters. The van der Waals surface area contributed by atoms with Gasteiger partial charge in [-0.2, -0.15) is 11.8 Å². The summed E-state index contributed by atoms with van der Waals surface area (Å²) in [6, 6.07) is 0. The number of carbonyl (C=O) groups is 1. The van der Waals surface area contributed by atoms with Crippen molar-refractivity contribution in [3.63, 3.8) is 0 Å². The number of carbonyl (C=O) groups excluding carboxylic acids is 1. The van der Waals surface area contributed by atoms with E-state index in [0.29, 0.717) is 23.4 Å². The number of hydrogen-bond acceptors (Lipinski definition) is 3. The average Bonchev–Trinajstić information content (AvgIpc) is 2.10. The molecular formula is C10H20O2S. The van der Waals surface area contributed by atoms with E-state index in [1.165, 1.54) is 0 Å². The summed E-state index contributed by atoms with van der Waals surface area (Å²) in [6.45, 7) is 6.87. The van der Waals surface area contributed by atoms with Gasteiger partial charge in [-0.3, -0.25) is 4.79 Å². The van der Waals surface area contributed by atoms with Gasteiger partial charge in [0.25, 0.3) is 0 Å². The lowest BCUT2D eigenvalue weighted by Crippen LogP contribution is -2.16. The lowest BCUT2D eigenvalue weighted by atomic mass is 10.1. The first kappa shape index (κ1) is 13.0. The van der Waals surface area contributed by atoms with Crippen LogP contribution in [-0.2, 0) is 9.53 Å². The van der Waals surface area contributed by atoms with Gasteiger partial charge in [0.1, 0.15) is 5.78 Å². The third-order valence-corrected chi connectivity index (χ3v) is 2.98. The molecule has 0 aromatic heterocycles. The SMILES string of the molecule is COCCC(C)C(=O)CSC(C)C. The highest BCUT2D eigenvalue weighted by Crippen LogP contribution is 2.13. The molecule has 0 radical (unpaired) electrons. The van der Waals surface area contributed by atoms with Crippen LogP contribution in [0.1, 0.15) is 27.2 Å². The highest BCUT2D eigenvalue weighted by molar-refractivity contribution is 8.00. The van der Waals surface area contributed by atoms with E-state index in [-0.39, 0.29) is 5.92 Å². The van der Waals surface area contributed by atoms with Crippen molar-refractivity contribution in [2.75, 3.05) is 19.5 Å². The fourth-order valence-electron chi connectivity index (χ4n) is 0.847. The molecule has 78 valence electrons. The second-order valence-corrected chi connectivity index (χ2v) is 5.07. The Balaban J connectivity index is 3.57. The lowest BCUT2D eigenvalue weighted by Gasteiger charge is -2.10. The maximum atomic E-state index is 11.5. The normalized spacial score (nSPS) is 13.3. The van der Waals surface area contributed by atoms with Gasteiger partial charge in [0.05, 0.1) is 5.75 Å². The average molecular weight is 204 g/mol. The van der Waals surface area contributed by atoms with Crippen molar-refractivity contribution in [2.24, 2.45) is 5.92 Å². The number of hydrogen-bond donors (Lipinski definition) is 0. The van der Waals surface area contributed by atoms with Gasteiger partial charge in [-0.1, -0.05) is 20.8 Å². The Bertz CT molecular complexity index is 146. The van der Waals surface area contributed by atoms with Gasteiger partial charge in [-0.25, -0.2) is 0 Å². The Morgan fingerprint density at radius 2 is 2.00 bits per heavy atom. The molecule has 0 aliphatic heterocycles. The highest BCUT2D eigenvalue weighted by Gasteiger charge is 2.12. The molecule has 2 nitrogen and oxygen atoms in total. The number of ether oxygens (including phenoxy) is 1. The topological polar surface area (TPSA) is 26.3 Å². The Morgan fingerprint density at radius 3 is 2.46 bits per heavy atom. The number of ketones is 1. The van der Waals surface area contributed by atoms with Gasteiger partial charge in [0, 0.05) is 19.6 Å². The zero-order valence-electron chi connectivity index (χ0n) is 9.00.